The Bertz CT molecular complexity index is 779. The minimum Gasteiger partial charge on any atom is -0.367 e. The Hall–Kier alpha value is -1.98. The van der Waals surface area contributed by atoms with Crippen LogP contribution in [0.3, 0.4) is 0 Å². The highest BCUT2D eigenvalue weighted by atomic mass is 16.5. The van der Waals surface area contributed by atoms with Gasteiger partial charge in [-0.3, -0.25) is 9.69 Å². The maximum Gasteiger partial charge on any atom is 0.255 e. The Morgan fingerprint density at radius 1 is 1.33 bits per heavy atom. The fraction of sp³-hybridized carbons (Fsp3) is 0.474. The van der Waals surface area contributed by atoms with Crippen LogP contribution in [0.25, 0.3) is 0 Å². The molecule has 1 aromatic heterocycles. The quantitative estimate of drug-likeness (QED) is 0.941. The zero-order valence-electron chi connectivity index (χ0n) is 14.0. The Morgan fingerprint density at radius 2 is 2.17 bits per heavy atom. The molecule has 2 aliphatic rings. The fourth-order valence-corrected chi connectivity index (χ4v) is 3.67. The molecule has 5 heteroatoms. The predicted octanol–water partition coefficient (Wildman–Crippen LogP) is 2.35. The summed E-state index contributed by atoms with van der Waals surface area (Å²) in [5.74, 6) is 0.695. The number of hydrogen-bond acceptors (Lipinski definition) is 4. The fourth-order valence-electron chi connectivity index (χ4n) is 3.67. The van der Waals surface area contributed by atoms with E-state index in [1.54, 1.807) is 0 Å². The molecule has 0 bridgehead atoms. The van der Waals surface area contributed by atoms with Crippen LogP contribution in [0, 0.1) is 0 Å². The number of nitrogens with one attached hydrogen (secondary N) is 1. The van der Waals surface area contributed by atoms with Crippen molar-refractivity contribution in [2.75, 3.05) is 13.2 Å². The summed E-state index contributed by atoms with van der Waals surface area (Å²) in [5, 5.41) is 0. The van der Waals surface area contributed by atoms with E-state index in [-0.39, 0.29) is 5.56 Å². The summed E-state index contributed by atoms with van der Waals surface area (Å²) in [7, 11) is 0. The maximum atomic E-state index is 12.6. The largest absolute Gasteiger partial charge is 0.367 e. The average Bonchev–Trinajstić information content (AvgIpc) is 3.04. The van der Waals surface area contributed by atoms with Gasteiger partial charge in [0.15, 0.2) is 0 Å². The van der Waals surface area contributed by atoms with E-state index in [0.717, 1.165) is 50.2 Å². The van der Waals surface area contributed by atoms with Crippen LogP contribution in [0.4, 0.5) is 0 Å². The van der Waals surface area contributed by atoms with Gasteiger partial charge in [0.1, 0.15) is 11.4 Å². The van der Waals surface area contributed by atoms with Crippen molar-refractivity contribution in [2.45, 2.75) is 44.9 Å². The first kappa shape index (κ1) is 15.5. The van der Waals surface area contributed by atoms with Gasteiger partial charge >= 0.3 is 0 Å². The Balaban J connectivity index is 1.57. The number of aromatic nitrogens is 2. The Morgan fingerprint density at radius 3 is 2.92 bits per heavy atom. The van der Waals surface area contributed by atoms with E-state index in [1.165, 1.54) is 5.56 Å². The standard InChI is InChI=1S/C19H23N3O2/c1-19(9-5-11-24-19)18-20-16-8-10-22(13-15(16)17(23)21-18)12-14-6-3-2-4-7-14/h2-4,6-7H,5,8-13H2,1H3,(H,20,21,23). The van der Waals surface area contributed by atoms with Crippen LogP contribution in [0.15, 0.2) is 35.1 Å². The van der Waals surface area contributed by atoms with E-state index in [9.17, 15) is 4.79 Å². The summed E-state index contributed by atoms with van der Waals surface area (Å²) >= 11 is 0. The summed E-state index contributed by atoms with van der Waals surface area (Å²) in [4.78, 5) is 22.7. The molecule has 2 aromatic rings. The molecule has 0 radical (unpaired) electrons. The summed E-state index contributed by atoms with van der Waals surface area (Å²) in [6.07, 6.45) is 2.74. The first-order chi connectivity index (χ1) is 11.6. The highest BCUT2D eigenvalue weighted by molar-refractivity contribution is 5.23. The van der Waals surface area contributed by atoms with Crippen molar-refractivity contribution < 1.29 is 4.74 Å². The van der Waals surface area contributed by atoms with Crippen LogP contribution in [0.2, 0.25) is 0 Å². The lowest BCUT2D eigenvalue weighted by molar-refractivity contribution is 0.00874. The number of H-pyrrole nitrogens is 1. The van der Waals surface area contributed by atoms with E-state index < -0.39 is 5.60 Å². The first-order valence-corrected chi connectivity index (χ1v) is 8.67. The highest BCUT2D eigenvalue weighted by Gasteiger charge is 2.35. The molecular weight excluding hydrogens is 302 g/mol. The van der Waals surface area contributed by atoms with E-state index in [2.05, 4.69) is 34.1 Å². The van der Waals surface area contributed by atoms with Gasteiger partial charge in [-0.2, -0.15) is 0 Å². The molecule has 0 amide bonds. The SMILES string of the molecule is CC1(c2nc3c(c(=O)[nH]2)CN(Cc2ccccc2)CC3)CCCO1. The third-order valence-electron chi connectivity index (χ3n) is 5.12. The average molecular weight is 325 g/mol. The number of ether oxygens (including phenoxy) is 1. The number of nitrogens with zero attached hydrogens (tertiary/aromatic N) is 2. The van der Waals surface area contributed by atoms with Gasteiger partial charge in [0.25, 0.3) is 5.56 Å². The molecule has 24 heavy (non-hydrogen) atoms. The molecule has 0 aliphatic carbocycles. The second-order valence-corrected chi connectivity index (χ2v) is 6.97. The smallest absolute Gasteiger partial charge is 0.255 e. The van der Waals surface area contributed by atoms with E-state index >= 15 is 0 Å². The lowest BCUT2D eigenvalue weighted by Gasteiger charge is -2.29. The number of aromatic amines is 1. The molecule has 1 aromatic carbocycles. The van der Waals surface area contributed by atoms with Gasteiger partial charge in [0, 0.05) is 32.7 Å². The molecule has 4 rings (SSSR count). The summed E-state index contributed by atoms with van der Waals surface area (Å²) in [6, 6.07) is 10.4. The zero-order valence-corrected chi connectivity index (χ0v) is 14.0. The lowest BCUT2D eigenvalue weighted by Crippen LogP contribution is -2.37. The second kappa shape index (κ2) is 6.15. The van der Waals surface area contributed by atoms with Crippen molar-refractivity contribution in [1.82, 2.24) is 14.9 Å². The monoisotopic (exact) mass is 325 g/mol. The Kier molecular flexibility index (Phi) is 3.98. The molecule has 0 spiro atoms. The Labute approximate surface area is 141 Å². The molecular formula is C19H23N3O2. The van der Waals surface area contributed by atoms with Gasteiger partial charge in [-0.25, -0.2) is 4.98 Å². The molecule has 1 fully saturated rings. The van der Waals surface area contributed by atoms with Gasteiger partial charge in [-0.05, 0) is 25.3 Å². The molecule has 1 N–H and O–H groups in total. The molecule has 1 atom stereocenters. The number of hydrogen-bond donors (Lipinski definition) is 1. The summed E-state index contributed by atoms with van der Waals surface area (Å²) in [5.41, 5.74) is 2.57. The van der Waals surface area contributed by atoms with Crippen LogP contribution in [0.5, 0.6) is 0 Å². The van der Waals surface area contributed by atoms with Gasteiger partial charge in [0.2, 0.25) is 0 Å². The third-order valence-corrected chi connectivity index (χ3v) is 5.12. The molecule has 0 saturated carbocycles. The van der Waals surface area contributed by atoms with Gasteiger partial charge in [-0.1, -0.05) is 30.3 Å². The molecule has 1 saturated heterocycles. The van der Waals surface area contributed by atoms with Crippen molar-refractivity contribution in [3.63, 3.8) is 0 Å². The second-order valence-electron chi connectivity index (χ2n) is 6.97. The van der Waals surface area contributed by atoms with Crippen LogP contribution in [-0.2, 0) is 29.8 Å². The normalized spacial score (nSPS) is 24.0. The number of benzene rings is 1. The lowest BCUT2D eigenvalue weighted by atomic mass is 10.00. The molecule has 3 heterocycles. The van der Waals surface area contributed by atoms with Crippen molar-refractivity contribution in [2.24, 2.45) is 0 Å². The van der Waals surface area contributed by atoms with Crippen LogP contribution < -0.4 is 5.56 Å². The van der Waals surface area contributed by atoms with Crippen molar-refractivity contribution >= 4 is 0 Å². The van der Waals surface area contributed by atoms with Crippen LogP contribution >= 0.6 is 0 Å². The molecule has 126 valence electrons. The zero-order chi connectivity index (χ0) is 16.6. The summed E-state index contributed by atoms with van der Waals surface area (Å²) < 4.78 is 5.83. The van der Waals surface area contributed by atoms with Crippen LogP contribution in [-0.4, -0.2) is 28.0 Å². The maximum absolute atomic E-state index is 12.6. The van der Waals surface area contributed by atoms with Gasteiger partial charge in [-0.15, -0.1) is 0 Å². The van der Waals surface area contributed by atoms with Crippen molar-refractivity contribution in [3.8, 4) is 0 Å². The van der Waals surface area contributed by atoms with Crippen molar-refractivity contribution in [3.05, 3.63) is 63.3 Å². The van der Waals surface area contributed by atoms with Gasteiger partial charge in [0.05, 0.1) is 11.3 Å². The minimum absolute atomic E-state index is 0.00973. The predicted molar refractivity (Wildman–Crippen MR) is 91.7 cm³/mol. The number of fused-ring (bicyclic) bond motifs is 1. The topological polar surface area (TPSA) is 58.2 Å². The van der Waals surface area contributed by atoms with E-state index in [1.807, 2.05) is 13.0 Å². The van der Waals surface area contributed by atoms with Crippen molar-refractivity contribution in [1.29, 1.82) is 0 Å². The molecule has 2 aliphatic heterocycles. The first-order valence-electron chi connectivity index (χ1n) is 8.67. The number of rotatable bonds is 3. The van der Waals surface area contributed by atoms with Gasteiger partial charge < -0.3 is 9.72 Å². The third kappa shape index (κ3) is 2.89. The van der Waals surface area contributed by atoms with E-state index in [4.69, 9.17) is 9.72 Å². The van der Waals surface area contributed by atoms with Crippen LogP contribution in [0.1, 0.15) is 42.4 Å². The molecule has 1 unspecified atom stereocenters. The molecule has 5 nitrogen and oxygen atoms in total. The summed E-state index contributed by atoms with van der Waals surface area (Å²) in [6.45, 7) is 5.21. The minimum atomic E-state index is -0.435. The highest BCUT2D eigenvalue weighted by Crippen LogP contribution is 2.33. The van der Waals surface area contributed by atoms with E-state index in [0.29, 0.717) is 12.4 Å².